The lowest BCUT2D eigenvalue weighted by atomic mass is 9.82. The van der Waals surface area contributed by atoms with Gasteiger partial charge in [-0.2, -0.15) is 18.3 Å². The quantitative estimate of drug-likeness (QED) is 0.184. The molecule has 11 nitrogen and oxygen atoms in total. The summed E-state index contributed by atoms with van der Waals surface area (Å²) in [4.78, 5) is 50.6. The van der Waals surface area contributed by atoms with Crippen LogP contribution >= 0.6 is 0 Å². The molecule has 0 radical (unpaired) electrons. The maximum atomic E-state index is 14.3. The molecule has 2 aromatic heterocycles. The Labute approximate surface area is 289 Å². The predicted molar refractivity (Wildman–Crippen MR) is 175 cm³/mol. The second-order valence-electron chi connectivity index (χ2n) is 12.3. The minimum atomic E-state index is -4.83. The number of aromatic nitrogens is 4. The van der Waals surface area contributed by atoms with Crippen molar-refractivity contribution < 1.29 is 36.3 Å². The Kier molecular flexibility index (Phi) is 9.71. The van der Waals surface area contributed by atoms with Gasteiger partial charge >= 0.3 is 6.18 Å². The monoisotopic (exact) mass is 708 g/mol. The van der Waals surface area contributed by atoms with E-state index in [1.54, 1.807) is 42.1 Å². The zero-order valence-corrected chi connectivity index (χ0v) is 27.3. The Morgan fingerprint density at radius 3 is 2.53 bits per heavy atom. The molecule has 1 saturated heterocycles. The number of fused-ring (bicyclic) bond motifs is 1. The van der Waals surface area contributed by atoms with Gasteiger partial charge in [-0.15, -0.1) is 0 Å². The van der Waals surface area contributed by atoms with Crippen LogP contribution in [0.1, 0.15) is 52.3 Å². The van der Waals surface area contributed by atoms with Crippen molar-refractivity contribution in [3.8, 4) is 5.69 Å². The van der Waals surface area contributed by atoms with Crippen LogP contribution in [0.25, 0.3) is 5.69 Å². The predicted octanol–water partition coefficient (Wildman–Crippen LogP) is 4.49. The first kappa shape index (κ1) is 35.3. The van der Waals surface area contributed by atoms with Gasteiger partial charge in [-0.3, -0.25) is 24.2 Å². The molecule has 6 rings (SSSR count). The van der Waals surface area contributed by atoms with Crippen molar-refractivity contribution in [3.63, 3.8) is 0 Å². The van der Waals surface area contributed by atoms with E-state index in [0.717, 1.165) is 6.20 Å². The number of hydrogen-bond acceptors (Lipinski definition) is 7. The molecular weight excluding hydrogens is 675 g/mol. The first-order valence-electron chi connectivity index (χ1n) is 16.1. The molecule has 0 saturated carbocycles. The van der Waals surface area contributed by atoms with Crippen molar-refractivity contribution in [2.75, 3.05) is 31.1 Å². The van der Waals surface area contributed by atoms with Crippen LogP contribution in [0.2, 0.25) is 0 Å². The van der Waals surface area contributed by atoms with Gasteiger partial charge in [0.25, 0.3) is 17.7 Å². The highest BCUT2D eigenvalue weighted by atomic mass is 19.4. The molecule has 0 spiro atoms. The number of anilines is 1. The third kappa shape index (κ3) is 7.50. The molecule has 2 atom stereocenters. The number of carbonyl (C=O) groups is 3. The minimum Gasteiger partial charge on any atom is -0.348 e. The Hall–Kier alpha value is -5.51. The van der Waals surface area contributed by atoms with Crippen LogP contribution in [0.3, 0.4) is 0 Å². The summed E-state index contributed by atoms with van der Waals surface area (Å²) in [5.41, 5.74) is 1.17. The van der Waals surface area contributed by atoms with E-state index in [4.69, 9.17) is 0 Å². The van der Waals surface area contributed by atoms with E-state index in [1.165, 1.54) is 9.80 Å². The second kappa shape index (κ2) is 14.0. The highest BCUT2D eigenvalue weighted by molar-refractivity contribution is 6.04. The SMILES string of the molecule is C=C(CN1CCC(F)(F)C1)C(=O)NCc1cccc([C@@H]2c3cnn(-c4ccccc4)c3N(CC)C(=O)[C@H]2NC(=O)c2nccc(C(F)(F)F)n2)c1. The number of carbonyl (C=O) groups excluding carboxylic acids is 3. The van der Waals surface area contributed by atoms with Gasteiger partial charge in [0.05, 0.1) is 18.4 Å². The number of halogens is 5. The van der Waals surface area contributed by atoms with Crippen molar-refractivity contribution in [3.05, 3.63) is 113 Å². The number of nitrogens with zero attached hydrogens (tertiary/aromatic N) is 6. The van der Waals surface area contributed by atoms with Gasteiger partial charge in [-0.25, -0.2) is 23.4 Å². The summed E-state index contributed by atoms with van der Waals surface area (Å²) in [7, 11) is 0. The summed E-state index contributed by atoms with van der Waals surface area (Å²) < 4.78 is 69.1. The third-order valence-corrected chi connectivity index (χ3v) is 8.73. The Balaban J connectivity index is 1.32. The standard InChI is InChI=1S/C35H33F5N8O3/c1-3-47-32-25(18-43-48(32)24-10-5-4-6-11-24)27(28(33(47)51)45-31(50)29-41-14-12-26(44-29)35(38,39)40)23-9-7-8-22(16-23)17-42-30(49)21(2)19-46-15-13-34(36,37)20-46/h4-12,14,16,18,27-28H,2-3,13,15,17,19-20H2,1H3,(H,42,49)(H,45,50)/t27-,28+/m1/s1. The van der Waals surface area contributed by atoms with Gasteiger partial charge in [0, 0.05) is 55.9 Å². The average Bonchev–Trinajstić information content (AvgIpc) is 3.69. The summed E-state index contributed by atoms with van der Waals surface area (Å²) in [5.74, 6) is -6.15. The van der Waals surface area contributed by atoms with Gasteiger partial charge in [0.1, 0.15) is 17.6 Å². The molecule has 0 aliphatic carbocycles. The zero-order valence-electron chi connectivity index (χ0n) is 27.3. The maximum Gasteiger partial charge on any atom is 0.433 e. The van der Waals surface area contributed by atoms with Crippen LogP contribution in [-0.4, -0.2) is 80.5 Å². The van der Waals surface area contributed by atoms with Crippen molar-refractivity contribution >= 4 is 23.5 Å². The number of nitrogens with one attached hydrogen (secondary N) is 2. The molecular formula is C35H33F5N8O3. The van der Waals surface area contributed by atoms with Crippen molar-refractivity contribution in [2.45, 2.75) is 43.9 Å². The van der Waals surface area contributed by atoms with Crippen LogP contribution in [-0.2, 0) is 22.3 Å². The number of likely N-dealkylation sites (N-methyl/N-ethyl adjacent to an activating group) is 1. The number of likely N-dealkylation sites (tertiary alicyclic amines) is 1. The summed E-state index contributed by atoms with van der Waals surface area (Å²) in [6, 6.07) is 15.3. The smallest absolute Gasteiger partial charge is 0.348 e. The molecule has 1 fully saturated rings. The molecule has 2 aliphatic heterocycles. The second-order valence-corrected chi connectivity index (χ2v) is 12.3. The number of amides is 3. The van der Waals surface area contributed by atoms with Crippen LogP contribution in [0.4, 0.5) is 27.8 Å². The van der Waals surface area contributed by atoms with Crippen LogP contribution in [0.15, 0.2) is 85.2 Å². The topological polar surface area (TPSA) is 125 Å². The number of para-hydroxylation sites is 1. The Morgan fingerprint density at radius 2 is 1.84 bits per heavy atom. The van der Waals surface area contributed by atoms with Gasteiger partial charge < -0.3 is 10.6 Å². The minimum absolute atomic E-state index is 0.00920. The fraction of sp³-hybridized carbons (Fsp3) is 0.314. The normalized spacial score (nSPS) is 18.7. The molecule has 0 bridgehead atoms. The molecule has 266 valence electrons. The van der Waals surface area contributed by atoms with E-state index in [2.05, 4.69) is 32.3 Å². The van der Waals surface area contributed by atoms with E-state index < -0.39 is 59.8 Å². The van der Waals surface area contributed by atoms with E-state index in [1.807, 2.05) is 30.3 Å². The molecule has 2 N–H and O–H groups in total. The molecule has 3 amide bonds. The van der Waals surface area contributed by atoms with Crippen molar-refractivity contribution in [2.24, 2.45) is 0 Å². The summed E-state index contributed by atoms with van der Waals surface area (Å²) in [6.07, 6.45) is -2.72. The molecule has 2 aliphatic rings. The first-order valence-corrected chi connectivity index (χ1v) is 16.1. The highest BCUT2D eigenvalue weighted by Gasteiger charge is 2.45. The van der Waals surface area contributed by atoms with Crippen LogP contribution < -0.4 is 15.5 Å². The molecule has 2 aromatic carbocycles. The molecule has 4 heterocycles. The molecule has 51 heavy (non-hydrogen) atoms. The highest BCUT2D eigenvalue weighted by Crippen LogP contribution is 2.41. The first-order chi connectivity index (χ1) is 24.3. The lowest BCUT2D eigenvalue weighted by Crippen LogP contribution is -2.55. The lowest BCUT2D eigenvalue weighted by Gasteiger charge is -2.38. The number of benzene rings is 2. The molecule has 16 heteroatoms. The number of rotatable bonds is 10. The van der Waals surface area contributed by atoms with Crippen LogP contribution in [0, 0.1) is 0 Å². The third-order valence-electron chi connectivity index (χ3n) is 8.73. The van der Waals surface area contributed by atoms with E-state index >= 15 is 0 Å². The van der Waals surface area contributed by atoms with E-state index in [0.29, 0.717) is 34.3 Å². The number of hydrogen-bond donors (Lipinski definition) is 2. The molecule has 4 aromatic rings. The maximum absolute atomic E-state index is 14.3. The number of alkyl halides is 5. The summed E-state index contributed by atoms with van der Waals surface area (Å²) in [5, 5.41) is 9.93. The largest absolute Gasteiger partial charge is 0.433 e. The lowest BCUT2D eigenvalue weighted by molar-refractivity contribution is -0.141. The summed E-state index contributed by atoms with van der Waals surface area (Å²) >= 11 is 0. The van der Waals surface area contributed by atoms with E-state index in [-0.39, 0.29) is 38.2 Å². The van der Waals surface area contributed by atoms with Crippen molar-refractivity contribution in [1.29, 1.82) is 0 Å². The van der Waals surface area contributed by atoms with E-state index in [9.17, 15) is 36.3 Å². The average molecular weight is 709 g/mol. The zero-order chi connectivity index (χ0) is 36.5. The van der Waals surface area contributed by atoms with Crippen molar-refractivity contribution in [1.82, 2.24) is 35.3 Å². The molecule has 0 unspecified atom stereocenters. The van der Waals surface area contributed by atoms with Gasteiger partial charge in [0.15, 0.2) is 0 Å². The Morgan fingerprint density at radius 1 is 1.08 bits per heavy atom. The van der Waals surface area contributed by atoms with Gasteiger partial charge in [0.2, 0.25) is 11.7 Å². The van der Waals surface area contributed by atoms with Gasteiger partial charge in [-0.05, 0) is 36.2 Å². The summed E-state index contributed by atoms with van der Waals surface area (Å²) in [6.45, 7) is 5.40. The Bertz CT molecular complexity index is 1970. The van der Waals surface area contributed by atoms with Gasteiger partial charge in [-0.1, -0.05) is 49.0 Å². The fourth-order valence-corrected chi connectivity index (χ4v) is 6.34. The van der Waals surface area contributed by atoms with Crippen LogP contribution in [0.5, 0.6) is 0 Å². The fourth-order valence-electron chi connectivity index (χ4n) is 6.34.